The summed E-state index contributed by atoms with van der Waals surface area (Å²) < 4.78 is 1.07. The van der Waals surface area contributed by atoms with Crippen molar-refractivity contribution in [2.75, 3.05) is 18.0 Å². The molecule has 3 nitrogen and oxygen atoms in total. The van der Waals surface area contributed by atoms with Crippen molar-refractivity contribution in [3.05, 3.63) is 28.2 Å². The summed E-state index contributed by atoms with van der Waals surface area (Å²) in [4.78, 5) is 2.32. The highest BCUT2D eigenvalue weighted by molar-refractivity contribution is 9.10. The van der Waals surface area contributed by atoms with Gasteiger partial charge in [0.05, 0.1) is 6.10 Å². The number of nitrogens with zero attached hydrogens (tertiary/aromatic N) is 1. The second-order valence-corrected chi connectivity index (χ2v) is 5.63. The van der Waals surface area contributed by atoms with Crippen LogP contribution in [0.1, 0.15) is 18.9 Å². The zero-order valence-corrected chi connectivity index (χ0v) is 11.7. The Hall–Kier alpha value is -0.580. The van der Waals surface area contributed by atoms with Gasteiger partial charge in [0.15, 0.2) is 0 Å². The van der Waals surface area contributed by atoms with Gasteiger partial charge in [-0.1, -0.05) is 22.0 Å². The molecule has 4 heteroatoms. The molecule has 1 aliphatic heterocycles. The zero-order chi connectivity index (χ0) is 12.4. The fourth-order valence-corrected chi connectivity index (χ4v) is 2.75. The lowest BCUT2D eigenvalue weighted by molar-refractivity contribution is 0.136. The lowest BCUT2D eigenvalue weighted by Gasteiger charge is -2.22. The molecule has 1 aliphatic rings. The third-order valence-corrected chi connectivity index (χ3v) is 4.01. The molecule has 2 unspecified atom stereocenters. The Balaban J connectivity index is 2.20. The highest BCUT2D eigenvalue weighted by Crippen LogP contribution is 2.30. The highest BCUT2D eigenvalue weighted by atomic mass is 79.9. The first-order chi connectivity index (χ1) is 8.11. The summed E-state index contributed by atoms with van der Waals surface area (Å²) in [6, 6.07) is 6.20. The molecule has 0 amide bonds. The number of aliphatic hydroxyl groups excluding tert-OH is 1. The van der Waals surface area contributed by atoms with Gasteiger partial charge < -0.3 is 15.7 Å². The fourth-order valence-electron chi connectivity index (χ4n) is 2.40. The second kappa shape index (κ2) is 5.38. The van der Waals surface area contributed by atoms with E-state index in [1.54, 1.807) is 0 Å². The van der Waals surface area contributed by atoms with Crippen LogP contribution in [-0.2, 0) is 6.54 Å². The minimum atomic E-state index is -0.228. The number of rotatable bonds is 3. The summed E-state index contributed by atoms with van der Waals surface area (Å²) in [6.45, 7) is 4.34. The number of aliphatic hydroxyl groups is 1. The molecule has 0 aromatic heterocycles. The van der Waals surface area contributed by atoms with Crippen LogP contribution in [0.4, 0.5) is 5.69 Å². The van der Waals surface area contributed by atoms with Crippen LogP contribution in [0.5, 0.6) is 0 Å². The summed E-state index contributed by atoms with van der Waals surface area (Å²) in [5, 5.41) is 9.64. The summed E-state index contributed by atoms with van der Waals surface area (Å²) in [5.41, 5.74) is 8.14. The third kappa shape index (κ3) is 2.81. The highest BCUT2D eigenvalue weighted by Gasteiger charge is 2.27. The normalized spacial score (nSPS) is 21.9. The van der Waals surface area contributed by atoms with Crippen LogP contribution in [0.3, 0.4) is 0 Å². The van der Waals surface area contributed by atoms with Gasteiger partial charge in [0.1, 0.15) is 0 Å². The Morgan fingerprint density at radius 1 is 1.59 bits per heavy atom. The van der Waals surface area contributed by atoms with Gasteiger partial charge in [-0.2, -0.15) is 0 Å². The number of benzene rings is 1. The van der Waals surface area contributed by atoms with E-state index in [2.05, 4.69) is 33.0 Å². The molecule has 1 fully saturated rings. The average Bonchev–Trinajstić information content (AvgIpc) is 2.78. The van der Waals surface area contributed by atoms with Crippen molar-refractivity contribution in [1.29, 1.82) is 0 Å². The van der Waals surface area contributed by atoms with E-state index in [0.717, 1.165) is 24.0 Å². The summed E-state index contributed by atoms with van der Waals surface area (Å²) in [5.74, 6) is 0.375. The molecule has 0 radical (unpaired) electrons. The molecule has 1 aromatic carbocycles. The van der Waals surface area contributed by atoms with E-state index in [4.69, 9.17) is 5.73 Å². The van der Waals surface area contributed by atoms with Crippen molar-refractivity contribution in [2.45, 2.75) is 26.0 Å². The maximum absolute atomic E-state index is 9.64. The Morgan fingerprint density at radius 2 is 2.35 bits per heavy atom. The van der Waals surface area contributed by atoms with Gasteiger partial charge in [-0.05, 0) is 31.0 Å². The van der Waals surface area contributed by atoms with Crippen molar-refractivity contribution < 1.29 is 5.11 Å². The maximum Gasteiger partial charge on any atom is 0.0557 e. The predicted molar refractivity (Wildman–Crippen MR) is 74.0 cm³/mol. The van der Waals surface area contributed by atoms with E-state index in [1.807, 2.05) is 13.0 Å². The van der Waals surface area contributed by atoms with E-state index in [-0.39, 0.29) is 6.10 Å². The largest absolute Gasteiger partial charge is 0.393 e. The van der Waals surface area contributed by atoms with Crippen LogP contribution >= 0.6 is 15.9 Å². The smallest absolute Gasteiger partial charge is 0.0557 e. The summed E-state index contributed by atoms with van der Waals surface area (Å²) in [6.07, 6.45) is 0.822. The standard InChI is InChI=1S/C13H19BrN2O/c1-9(17)11-4-5-16(8-11)13-6-12(14)3-2-10(13)7-15/h2-3,6,9,11,17H,4-5,7-8,15H2,1H3. The number of anilines is 1. The Kier molecular flexibility index (Phi) is 4.07. The molecule has 3 N–H and O–H groups in total. The third-order valence-electron chi connectivity index (χ3n) is 3.51. The number of halogens is 1. The number of nitrogens with two attached hydrogens (primary N) is 1. The molecule has 2 rings (SSSR count). The van der Waals surface area contributed by atoms with Crippen molar-refractivity contribution in [3.63, 3.8) is 0 Å². The van der Waals surface area contributed by atoms with E-state index >= 15 is 0 Å². The minimum Gasteiger partial charge on any atom is -0.393 e. The molecule has 1 heterocycles. The molecular formula is C13H19BrN2O. The first-order valence-corrected chi connectivity index (χ1v) is 6.82. The van der Waals surface area contributed by atoms with Crippen LogP contribution in [-0.4, -0.2) is 24.3 Å². The lowest BCUT2D eigenvalue weighted by atomic mass is 10.0. The van der Waals surface area contributed by atoms with Gasteiger partial charge in [-0.15, -0.1) is 0 Å². The molecule has 2 atom stereocenters. The summed E-state index contributed by atoms with van der Waals surface area (Å²) >= 11 is 3.50. The molecule has 0 saturated carbocycles. The van der Waals surface area contributed by atoms with Gasteiger partial charge in [0, 0.05) is 35.7 Å². The first kappa shape index (κ1) is 12.9. The van der Waals surface area contributed by atoms with E-state index < -0.39 is 0 Å². The van der Waals surface area contributed by atoms with Crippen molar-refractivity contribution >= 4 is 21.6 Å². The lowest BCUT2D eigenvalue weighted by Crippen LogP contribution is -2.25. The van der Waals surface area contributed by atoms with Gasteiger partial charge in [-0.25, -0.2) is 0 Å². The van der Waals surface area contributed by atoms with Crippen LogP contribution in [0.15, 0.2) is 22.7 Å². The SMILES string of the molecule is CC(O)C1CCN(c2cc(Br)ccc2CN)C1. The molecule has 0 aliphatic carbocycles. The fraction of sp³-hybridized carbons (Fsp3) is 0.538. The Morgan fingerprint density at radius 3 is 2.94 bits per heavy atom. The summed E-state index contributed by atoms with van der Waals surface area (Å²) in [7, 11) is 0. The zero-order valence-electron chi connectivity index (χ0n) is 10.1. The van der Waals surface area contributed by atoms with E-state index in [1.165, 1.54) is 11.3 Å². The van der Waals surface area contributed by atoms with Gasteiger partial charge in [0.2, 0.25) is 0 Å². The van der Waals surface area contributed by atoms with E-state index in [9.17, 15) is 5.11 Å². The van der Waals surface area contributed by atoms with Crippen LogP contribution < -0.4 is 10.6 Å². The molecular weight excluding hydrogens is 280 g/mol. The second-order valence-electron chi connectivity index (χ2n) is 4.71. The maximum atomic E-state index is 9.64. The number of hydrogen-bond acceptors (Lipinski definition) is 3. The molecule has 0 bridgehead atoms. The van der Waals surface area contributed by atoms with Crippen LogP contribution in [0.2, 0.25) is 0 Å². The van der Waals surface area contributed by atoms with Crippen LogP contribution in [0, 0.1) is 5.92 Å². The van der Waals surface area contributed by atoms with Crippen molar-refractivity contribution in [2.24, 2.45) is 11.7 Å². The monoisotopic (exact) mass is 298 g/mol. The quantitative estimate of drug-likeness (QED) is 0.899. The molecule has 1 saturated heterocycles. The van der Waals surface area contributed by atoms with Gasteiger partial charge in [0.25, 0.3) is 0 Å². The topological polar surface area (TPSA) is 49.5 Å². The average molecular weight is 299 g/mol. The first-order valence-electron chi connectivity index (χ1n) is 6.03. The minimum absolute atomic E-state index is 0.228. The van der Waals surface area contributed by atoms with E-state index in [0.29, 0.717) is 12.5 Å². The van der Waals surface area contributed by atoms with Crippen molar-refractivity contribution in [3.8, 4) is 0 Å². The Bertz CT molecular complexity index is 395. The molecule has 0 spiro atoms. The Labute approximate surface area is 111 Å². The van der Waals surface area contributed by atoms with Gasteiger partial charge >= 0.3 is 0 Å². The van der Waals surface area contributed by atoms with Crippen molar-refractivity contribution in [1.82, 2.24) is 0 Å². The van der Waals surface area contributed by atoms with Gasteiger partial charge in [-0.3, -0.25) is 0 Å². The number of hydrogen-bond donors (Lipinski definition) is 2. The molecule has 17 heavy (non-hydrogen) atoms. The molecule has 1 aromatic rings. The molecule has 94 valence electrons. The predicted octanol–water partition coefficient (Wildman–Crippen LogP) is 2.11. The van der Waals surface area contributed by atoms with Crippen LogP contribution in [0.25, 0.3) is 0 Å².